The molecule has 1 atom stereocenters. The van der Waals surface area contributed by atoms with E-state index in [-0.39, 0.29) is 17.2 Å². The van der Waals surface area contributed by atoms with Crippen LogP contribution in [0.15, 0.2) is 109 Å². The molecule has 1 aliphatic heterocycles. The van der Waals surface area contributed by atoms with Gasteiger partial charge in [-0.05, 0) is 67.1 Å². The first-order valence-corrected chi connectivity index (χ1v) is 12.0. The van der Waals surface area contributed by atoms with E-state index in [1.165, 1.54) is 0 Å². The summed E-state index contributed by atoms with van der Waals surface area (Å²) in [7, 11) is 0. The minimum Gasteiger partial charge on any atom is -0.494 e. The Labute approximate surface area is 220 Å². The fraction of sp³-hybridized carbons (Fsp3) is 0.0968. The summed E-state index contributed by atoms with van der Waals surface area (Å²) in [4.78, 5) is 12.7. The highest BCUT2D eigenvalue weighted by atomic mass is 16.5. The second-order valence-corrected chi connectivity index (χ2v) is 8.46. The van der Waals surface area contributed by atoms with Crippen LogP contribution in [0.5, 0.6) is 28.7 Å². The molecule has 5 rings (SSSR count). The maximum absolute atomic E-state index is 12.7. The topological polar surface area (TPSA) is 104 Å². The van der Waals surface area contributed by atoms with Gasteiger partial charge >= 0.3 is 5.97 Å². The number of carbonyl (C=O) groups excluding carboxylic acids is 1. The zero-order chi connectivity index (χ0) is 26.5. The van der Waals surface area contributed by atoms with Gasteiger partial charge in [-0.3, -0.25) is 0 Å². The zero-order valence-corrected chi connectivity index (χ0v) is 20.6. The average molecular weight is 505 g/mol. The van der Waals surface area contributed by atoms with Crippen LogP contribution in [0.3, 0.4) is 0 Å². The number of carbonyl (C=O) groups is 1. The highest BCUT2D eigenvalue weighted by Crippen LogP contribution is 2.44. The minimum absolute atomic E-state index is 0.00521. The monoisotopic (exact) mass is 504 g/mol. The normalized spacial score (nSPS) is 14.1. The van der Waals surface area contributed by atoms with Crippen LogP contribution in [-0.4, -0.2) is 12.6 Å². The summed E-state index contributed by atoms with van der Waals surface area (Å²) in [5.41, 5.74) is 8.35. The van der Waals surface area contributed by atoms with Crippen molar-refractivity contribution in [3.63, 3.8) is 0 Å². The molecule has 7 heteroatoms. The molecule has 0 amide bonds. The lowest BCUT2D eigenvalue weighted by Gasteiger charge is -2.27. The van der Waals surface area contributed by atoms with Crippen molar-refractivity contribution in [3.05, 3.63) is 125 Å². The molecule has 2 N–H and O–H groups in total. The number of fused-ring (bicyclic) bond motifs is 1. The van der Waals surface area contributed by atoms with Crippen LogP contribution in [0.4, 0.5) is 0 Å². The Morgan fingerprint density at radius 3 is 2.37 bits per heavy atom. The first-order valence-electron chi connectivity index (χ1n) is 12.0. The molecule has 7 nitrogen and oxygen atoms in total. The van der Waals surface area contributed by atoms with Crippen molar-refractivity contribution in [2.45, 2.75) is 12.8 Å². The van der Waals surface area contributed by atoms with Crippen LogP contribution >= 0.6 is 0 Å². The Hall–Kier alpha value is -5.22. The molecule has 4 aromatic rings. The summed E-state index contributed by atoms with van der Waals surface area (Å²) in [6, 6.07) is 30.9. The predicted molar refractivity (Wildman–Crippen MR) is 141 cm³/mol. The summed E-state index contributed by atoms with van der Waals surface area (Å²) in [5, 5.41) is 9.90. The SMILES string of the molecule is CCOc1ccc(C(=O)Oc2ccc3c(c2)OC(N)=C(C#N)C3c2cccc(Oc3ccccc3)c2)cc1. The smallest absolute Gasteiger partial charge is 0.343 e. The maximum atomic E-state index is 12.7. The van der Waals surface area contributed by atoms with Gasteiger partial charge in [0.15, 0.2) is 0 Å². The molecule has 0 radical (unpaired) electrons. The number of hydrogen-bond acceptors (Lipinski definition) is 7. The molecular formula is C31H24N2O5. The Kier molecular flexibility index (Phi) is 6.96. The van der Waals surface area contributed by atoms with Crippen molar-refractivity contribution in [3.8, 4) is 34.8 Å². The summed E-state index contributed by atoms with van der Waals surface area (Å²) < 4.78 is 22.8. The lowest BCUT2D eigenvalue weighted by Crippen LogP contribution is -2.21. The van der Waals surface area contributed by atoms with Crippen molar-refractivity contribution in [1.29, 1.82) is 5.26 Å². The molecule has 0 bridgehead atoms. The van der Waals surface area contributed by atoms with E-state index in [1.807, 2.05) is 61.5 Å². The van der Waals surface area contributed by atoms with Gasteiger partial charge in [-0.15, -0.1) is 0 Å². The lowest BCUT2D eigenvalue weighted by molar-refractivity contribution is 0.0734. The van der Waals surface area contributed by atoms with E-state index < -0.39 is 11.9 Å². The van der Waals surface area contributed by atoms with Gasteiger partial charge in [-0.2, -0.15) is 5.26 Å². The van der Waals surface area contributed by atoms with E-state index in [1.54, 1.807) is 42.5 Å². The number of nitriles is 1. The van der Waals surface area contributed by atoms with Crippen molar-refractivity contribution in [2.75, 3.05) is 6.61 Å². The third-order valence-electron chi connectivity index (χ3n) is 5.97. The number of hydrogen-bond donors (Lipinski definition) is 1. The summed E-state index contributed by atoms with van der Waals surface area (Å²) in [5.74, 6) is 1.67. The summed E-state index contributed by atoms with van der Waals surface area (Å²) in [6.45, 7) is 2.43. The van der Waals surface area contributed by atoms with Gasteiger partial charge in [-0.1, -0.05) is 36.4 Å². The number of para-hydroxylation sites is 1. The highest BCUT2D eigenvalue weighted by Gasteiger charge is 2.31. The van der Waals surface area contributed by atoms with E-state index in [2.05, 4.69) is 6.07 Å². The largest absolute Gasteiger partial charge is 0.494 e. The predicted octanol–water partition coefficient (Wildman–Crippen LogP) is 6.31. The van der Waals surface area contributed by atoms with Crippen LogP contribution in [0, 0.1) is 11.3 Å². The van der Waals surface area contributed by atoms with Crippen molar-refractivity contribution >= 4 is 5.97 Å². The molecule has 0 fully saturated rings. The molecule has 0 aromatic heterocycles. The number of nitrogens with zero attached hydrogens (tertiary/aromatic N) is 1. The van der Waals surface area contributed by atoms with Gasteiger partial charge < -0.3 is 24.7 Å². The third kappa shape index (κ3) is 5.15. The average Bonchev–Trinajstić information content (AvgIpc) is 2.93. The summed E-state index contributed by atoms with van der Waals surface area (Å²) >= 11 is 0. The standard InChI is InChI=1S/C31H24N2O5/c1-2-35-22-13-11-20(12-14-22)31(34)37-25-15-16-26-28(18-25)38-30(33)27(19-32)29(26)21-7-6-10-24(17-21)36-23-8-4-3-5-9-23/h3-18,29H,2,33H2,1H3. The number of esters is 1. The van der Waals surface area contributed by atoms with E-state index >= 15 is 0 Å². The Balaban J connectivity index is 1.42. The molecule has 0 saturated heterocycles. The number of benzene rings is 4. The number of ether oxygens (including phenoxy) is 4. The molecular weight excluding hydrogens is 480 g/mol. The number of nitrogens with two attached hydrogens (primary N) is 1. The van der Waals surface area contributed by atoms with Gasteiger partial charge in [0.1, 0.15) is 40.4 Å². The minimum atomic E-state index is -0.521. The number of allylic oxidation sites excluding steroid dienone is 1. The molecule has 38 heavy (non-hydrogen) atoms. The fourth-order valence-corrected chi connectivity index (χ4v) is 4.24. The van der Waals surface area contributed by atoms with Crippen molar-refractivity contribution in [1.82, 2.24) is 0 Å². The van der Waals surface area contributed by atoms with E-state index in [4.69, 9.17) is 24.7 Å². The second kappa shape index (κ2) is 10.8. The second-order valence-electron chi connectivity index (χ2n) is 8.46. The van der Waals surface area contributed by atoms with Crippen LogP contribution in [0.2, 0.25) is 0 Å². The first kappa shape index (κ1) is 24.5. The van der Waals surface area contributed by atoms with Gasteiger partial charge in [0.05, 0.1) is 18.1 Å². The van der Waals surface area contributed by atoms with Crippen LogP contribution in [0.1, 0.15) is 34.3 Å². The molecule has 0 saturated carbocycles. The summed E-state index contributed by atoms with van der Waals surface area (Å²) in [6.07, 6.45) is 0. The maximum Gasteiger partial charge on any atom is 0.343 e. The molecule has 4 aromatic carbocycles. The first-order chi connectivity index (χ1) is 18.6. The van der Waals surface area contributed by atoms with Crippen LogP contribution in [0.25, 0.3) is 0 Å². The highest BCUT2D eigenvalue weighted by molar-refractivity contribution is 5.91. The molecule has 1 unspecified atom stereocenters. The van der Waals surface area contributed by atoms with Crippen LogP contribution in [-0.2, 0) is 0 Å². The van der Waals surface area contributed by atoms with Gasteiger partial charge in [0.2, 0.25) is 5.88 Å². The number of rotatable bonds is 7. The lowest BCUT2D eigenvalue weighted by atomic mass is 9.83. The van der Waals surface area contributed by atoms with E-state index in [0.717, 1.165) is 5.56 Å². The Morgan fingerprint density at radius 1 is 0.895 bits per heavy atom. The third-order valence-corrected chi connectivity index (χ3v) is 5.97. The molecule has 188 valence electrons. The van der Waals surface area contributed by atoms with E-state index in [9.17, 15) is 10.1 Å². The van der Waals surface area contributed by atoms with Crippen molar-refractivity contribution < 1.29 is 23.7 Å². The molecule has 1 aliphatic rings. The van der Waals surface area contributed by atoms with Gasteiger partial charge in [0, 0.05) is 11.6 Å². The van der Waals surface area contributed by atoms with Gasteiger partial charge in [-0.25, -0.2) is 4.79 Å². The van der Waals surface area contributed by atoms with Gasteiger partial charge in [0.25, 0.3) is 0 Å². The quantitative estimate of drug-likeness (QED) is 0.232. The van der Waals surface area contributed by atoms with Crippen molar-refractivity contribution in [2.24, 2.45) is 5.73 Å². The molecule has 0 aliphatic carbocycles. The Bertz CT molecular complexity index is 1540. The van der Waals surface area contributed by atoms with E-state index in [0.29, 0.717) is 40.7 Å². The molecule has 0 spiro atoms. The fourth-order valence-electron chi connectivity index (χ4n) is 4.24. The molecule has 1 heterocycles. The zero-order valence-electron chi connectivity index (χ0n) is 20.6. The van der Waals surface area contributed by atoms with Crippen LogP contribution < -0.4 is 24.7 Å². The Morgan fingerprint density at radius 2 is 1.63 bits per heavy atom.